The molecule has 1 unspecified atom stereocenters. The Balaban J connectivity index is 2.06. The average molecular weight is 272 g/mol. The third kappa shape index (κ3) is 2.62. The van der Waals surface area contributed by atoms with E-state index in [9.17, 15) is 10.2 Å². The SMILES string of the molecule is CCCC1=NC2[C@@H](O)[C@H](O)[C@@H](CN=[N+]=[N-])O[C@H]2S1. The Kier molecular flexibility index (Phi) is 4.47. The van der Waals surface area contributed by atoms with Crippen LogP contribution in [0.15, 0.2) is 10.1 Å². The van der Waals surface area contributed by atoms with Crippen LogP contribution in [0.5, 0.6) is 0 Å². The highest BCUT2D eigenvalue weighted by atomic mass is 32.2. The molecule has 1 saturated heterocycles. The zero-order valence-electron chi connectivity index (χ0n) is 10.0. The fraction of sp³-hybridized carbons (Fsp3) is 0.900. The molecule has 0 saturated carbocycles. The maximum Gasteiger partial charge on any atom is 0.134 e. The Morgan fingerprint density at radius 1 is 1.50 bits per heavy atom. The number of aliphatic imine (C=N–C) groups is 1. The van der Waals surface area contributed by atoms with Crippen molar-refractivity contribution < 1.29 is 14.9 Å². The van der Waals surface area contributed by atoms with Crippen LogP contribution in [-0.4, -0.2) is 51.6 Å². The summed E-state index contributed by atoms with van der Waals surface area (Å²) in [5.41, 5.74) is 7.99. The van der Waals surface area contributed by atoms with E-state index in [1.807, 2.05) is 0 Å². The second kappa shape index (κ2) is 5.90. The largest absolute Gasteiger partial charge is 0.388 e. The predicted molar refractivity (Wildman–Crippen MR) is 68.4 cm³/mol. The van der Waals surface area contributed by atoms with E-state index in [1.54, 1.807) is 0 Å². The number of rotatable bonds is 4. The summed E-state index contributed by atoms with van der Waals surface area (Å²) >= 11 is 1.48. The number of hydrogen-bond acceptors (Lipinski definition) is 6. The van der Waals surface area contributed by atoms with E-state index < -0.39 is 24.4 Å². The van der Waals surface area contributed by atoms with Crippen LogP contribution < -0.4 is 0 Å². The molecule has 8 heteroatoms. The van der Waals surface area contributed by atoms with Gasteiger partial charge in [0, 0.05) is 4.91 Å². The van der Waals surface area contributed by atoms with E-state index in [0.717, 1.165) is 17.9 Å². The molecular formula is C10H16N4O3S. The van der Waals surface area contributed by atoms with Gasteiger partial charge in [0.1, 0.15) is 23.7 Å². The zero-order valence-corrected chi connectivity index (χ0v) is 10.8. The fourth-order valence-electron chi connectivity index (χ4n) is 2.09. The lowest BCUT2D eigenvalue weighted by molar-refractivity contribution is -0.148. The van der Waals surface area contributed by atoms with Crippen LogP contribution in [0.3, 0.4) is 0 Å². The van der Waals surface area contributed by atoms with E-state index in [2.05, 4.69) is 21.9 Å². The van der Waals surface area contributed by atoms with Crippen molar-refractivity contribution in [1.29, 1.82) is 0 Å². The fourth-order valence-corrected chi connectivity index (χ4v) is 3.42. The molecule has 2 rings (SSSR count). The molecule has 0 radical (unpaired) electrons. The van der Waals surface area contributed by atoms with Crippen molar-refractivity contribution in [3.05, 3.63) is 10.4 Å². The van der Waals surface area contributed by atoms with Gasteiger partial charge in [0.2, 0.25) is 0 Å². The van der Waals surface area contributed by atoms with Crippen molar-refractivity contribution in [3.63, 3.8) is 0 Å². The van der Waals surface area contributed by atoms with Crippen LogP contribution in [-0.2, 0) is 4.74 Å². The summed E-state index contributed by atoms with van der Waals surface area (Å²) in [6.45, 7) is 2.07. The molecule has 0 aromatic rings. The highest BCUT2D eigenvalue weighted by Crippen LogP contribution is 2.37. The van der Waals surface area contributed by atoms with Crippen LogP contribution in [0.1, 0.15) is 19.8 Å². The molecule has 2 N–H and O–H groups in total. The van der Waals surface area contributed by atoms with Gasteiger partial charge in [-0.3, -0.25) is 4.99 Å². The lowest BCUT2D eigenvalue weighted by atomic mass is 9.98. The molecule has 2 aliphatic rings. The molecule has 0 aromatic carbocycles. The molecule has 2 aliphatic heterocycles. The highest BCUT2D eigenvalue weighted by molar-refractivity contribution is 8.14. The summed E-state index contributed by atoms with van der Waals surface area (Å²) in [5.74, 6) is 0. The van der Waals surface area contributed by atoms with Gasteiger partial charge in [-0.1, -0.05) is 30.2 Å². The number of nitrogens with zero attached hydrogens (tertiary/aromatic N) is 4. The first-order chi connectivity index (χ1) is 8.67. The number of hydrogen-bond donors (Lipinski definition) is 2. The molecule has 18 heavy (non-hydrogen) atoms. The average Bonchev–Trinajstić information content (AvgIpc) is 2.75. The quantitative estimate of drug-likeness (QED) is 0.452. The Morgan fingerprint density at radius 2 is 2.28 bits per heavy atom. The number of aliphatic hydroxyl groups is 2. The van der Waals surface area contributed by atoms with Gasteiger partial charge in [0.15, 0.2) is 0 Å². The summed E-state index contributed by atoms with van der Waals surface area (Å²) in [4.78, 5) is 7.02. The van der Waals surface area contributed by atoms with Gasteiger partial charge in [-0.05, 0) is 12.0 Å². The maximum atomic E-state index is 10.0. The van der Waals surface area contributed by atoms with Crippen molar-refractivity contribution in [2.24, 2.45) is 10.1 Å². The summed E-state index contributed by atoms with van der Waals surface area (Å²) in [5, 5.41) is 24.2. The first-order valence-electron chi connectivity index (χ1n) is 5.93. The third-order valence-corrected chi connectivity index (χ3v) is 4.21. The molecule has 1 fully saturated rings. The van der Waals surface area contributed by atoms with Gasteiger partial charge in [-0.2, -0.15) is 0 Å². The summed E-state index contributed by atoms with van der Waals surface area (Å²) in [6, 6.07) is -0.422. The number of ether oxygens (including phenoxy) is 1. The number of fused-ring (bicyclic) bond motifs is 1. The molecule has 100 valence electrons. The highest BCUT2D eigenvalue weighted by Gasteiger charge is 2.47. The second-order valence-corrected chi connectivity index (χ2v) is 5.49. The number of thioether (sulfide) groups is 1. The van der Waals surface area contributed by atoms with E-state index in [4.69, 9.17) is 10.3 Å². The lowest BCUT2D eigenvalue weighted by Crippen LogP contribution is -2.55. The minimum atomic E-state index is -1.07. The zero-order chi connectivity index (χ0) is 13.1. The lowest BCUT2D eigenvalue weighted by Gasteiger charge is -2.37. The Morgan fingerprint density at radius 3 is 2.94 bits per heavy atom. The molecule has 5 atom stereocenters. The van der Waals surface area contributed by atoms with Crippen molar-refractivity contribution in [1.82, 2.24) is 0 Å². The molecular weight excluding hydrogens is 256 g/mol. The van der Waals surface area contributed by atoms with E-state index in [0.29, 0.717) is 0 Å². The van der Waals surface area contributed by atoms with Crippen molar-refractivity contribution >= 4 is 16.8 Å². The van der Waals surface area contributed by atoms with Crippen molar-refractivity contribution in [2.75, 3.05) is 6.54 Å². The van der Waals surface area contributed by atoms with Gasteiger partial charge in [-0.25, -0.2) is 0 Å². The van der Waals surface area contributed by atoms with E-state index in [1.165, 1.54) is 11.8 Å². The van der Waals surface area contributed by atoms with E-state index in [-0.39, 0.29) is 12.0 Å². The van der Waals surface area contributed by atoms with Gasteiger partial charge in [-0.15, -0.1) is 0 Å². The topological polar surface area (TPSA) is 111 Å². The summed E-state index contributed by atoms with van der Waals surface area (Å²) in [6.07, 6.45) is -0.871. The van der Waals surface area contributed by atoms with Crippen LogP contribution >= 0.6 is 11.8 Å². The molecule has 0 aliphatic carbocycles. The van der Waals surface area contributed by atoms with Crippen molar-refractivity contribution in [2.45, 2.75) is 49.6 Å². The minimum Gasteiger partial charge on any atom is -0.388 e. The Hall–Kier alpha value is -0.790. The number of azide groups is 1. The molecule has 0 aromatic heterocycles. The molecule has 7 nitrogen and oxygen atoms in total. The van der Waals surface area contributed by atoms with Gasteiger partial charge in [0.05, 0.1) is 17.7 Å². The van der Waals surface area contributed by atoms with Crippen LogP contribution in [0.4, 0.5) is 0 Å². The summed E-state index contributed by atoms with van der Waals surface area (Å²) < 4.78 is 5.65. The second-order valence-electron chi connectivity index (χ2n) is 4.32. The monoisotopic (exact) mass is 272 g/mol. The molecule has 2 heterocycles. The number of aliphatic hydroxyl groups excluding tert-OH is 2. The molecule has 0 amide bonds. The Labute approximate surface area is 109 Å². The molecule has 0 bridgehead atoms. The third-order valence-electron chi connectivity index (χ3n) is 3.00. The Bertz CT molecular complexity index is 385. The summed E-state index contributed by atoms with van der Waals surface area (Å²) in [7, 11) is 0. The standard InChI is InChI=1S/C10H16N4O3S/c1-2-3-6-13-7-9(16)8(15)5(4-12-14-11)17-10(7)18-6/h5,7-10,15-16H,2-4H2,1H3/t5-,7?,8-,9-,10+/m1/s1. The first-order valence-corrected chi connectivity index (χ1v) is 6.81. The minimum absolute atomic E-state index is 0.0155. The maximum absolute atomic E-state index is 10.0. The van der Waals surface area contributed by atoms with Gasteiger partial charge >= 0.3 is 0 Å². The van der Waals surface area contributed by atoms with Crippen LogP contribution in [0.2, 0.25) is 0 Å². The van der Waals surface area contributed by atoms with Gasteiger partial charge in [0.25, 0.3) is 0 Å². The first kappa shape index (κ1) is 13.6. The van der Waals surface area contributed by atoms with Crippen LogP contribution in [0, 0.1) is 0 Å². The van der Waals surface area contributed by atoms with Crippen LogP contribution in [0.25, 0.3) is 10.4 Å². The normalized spacial score (nSPS) is 38.8. The smallest absolute Gasteiger partial charge is 0.134 e. The van der Waals surface area contributed by atoms with E-state index >= 15 is 0 Å². The van der Waals surface area contributed by atoms with Gasteiger partial charge < -0.3 is 14.9 Å². The van der Waals surface area contributed by atoms with Crippen molar-refractivity contribution in [3.8, 4) is 0 Å². The predicted octanol–water partition coefficient (Wildman–Crippen LogP) is 1.06. The molecule has 0 spiro atoms.